The third-order valence-corrected chi connectivity index (χ3v) is 3.26. The highest BCUT2D eigenvalue weighted by molar-refractivity contribution is 6.30. The number of hydrogen-bond acceptors (Lipinski definition) is 3. The van der Waals surface area contributed by atoms with Gasteiger partial charge in [0.1, 0.15) is 12.4 Å². The van der Waals surface area contributed by atoms with Crippen molar-refractivity contribution < 1.29 is 13.9 Å². The summed E-state index contributed by atoms with van der Waals surface area (Å²) in [6.07, 6.45) is 0. The fourth-order valence-corrected chi connectivity index (χ4v) is 1.85. The molecule has 0 aliphatic rings. The van der Waals surface area contributed by atoms with E-state index in [4.69, 9.17) is 22.1 Å². The Labute approximate surface area is 121 Å². The minimum atomic E-state index is -0.541. The van der Waals surface area contributed by atoms with Crippen LogP contribution in [-0.2, 0) is 11.3 Å². The molecule has 0 aliphatic heterocycles. The van der Waals surface area contributed by atoms with E-state index in [1.807, 2.05) is 0 Å². The van der Waals surface area contributed by atoms with Crippen LogP contribution in [0.5, 0.6) is 0 Å². The summed E-state index contributed by atoms with van der Waals surface area (Å²) < 4.78 is 18.4. The molecule has 0 atom stereocenters. The molecule has 5 heteroatoms. The van der Waals surface area contributed by atoms with Crippen LogP contribution in [0.4, 0.5) is 10.1 Å². The van der Waals surface area contributed by atoms with Crippen LogP contribution in [0.3, 0.4) is 0 Å². The van der Waals surface area contributed by atoms with Crippen LogP contribution in [0, 0.1) is 12.7 Å². The van der Waals surface area contributed by atoms with Gasteiger partial charge in [-0.15, -0.1) is 0 Å². The molecule has 0 amide bonds. The maximum Gasteiger partial charge on any atom is 0.338 e. The number of ether oxygens (including phenoxy) is 1. The monoisotopic (exact) mass is 293 g/mol. The number of halogens is 2. The molecule has 3 nitrogen and oxygen atoms in total. The molecule has 2 aromatic rings. The maximum atomic E-state index is 13.3. The second-order valence-corrected chi connectivity index (χ2v) is 4.75. The predicted octanol–water partition coefficient (Wildman–Crippen LogP) is 3.73. The average Bonchev–Trinajstić information content (AvgIpc) is 2.43. The Morgan fingerprint density at radius 3 is 2.80 bits per heavy atom. The van der Waals surface area contributed by atoms with Crippen molar-refractivity contribution in [3.05, 3.63) is 63.9 Å². The molecule has 0 heterocycles. The molecule has 2 rings (SSSR count). The zero-order valence-electron chi connectivity index (χ0n) is 10.8. The van der Waals surface area contributed by atoms with Gasteiger partial charge in [0, 0.05) is 5.69 Å². The number of carbonyl (C=O) groups is 1. The van der Waals surface area contributed by atoms with Crippen molar-refractivity contribution in [1.29, 1.82) is 0 Å². The van der Waals surface area contributed by atoms with Gasteiger partial charge in [-0.2, -0.15) is 0 Å². The second-order valence-electron chi connectivity index (χ2n) is 4.34. The van der Waals surface area contributed by atoms with Crippen LogP contribution >= 0.6 is 11.6 Å². The lowest BCUT2D eigenvalue weighted by molar-refractivity contribution is 0.0471. The Hall–Kier alpha value is -2.07. The van der Waals surface area contributed by atoms with E-state index >= 15 is 0 Å². The lowest BCUT2D eigenvalue weighted by atomic mass is 10.1. The molecule has 0 saturated carbocycles. The normalized spacial score (nSPS) is 10.3. The highest BCUT2D eigenvalue weighted by Crippen LogP contribution is 2.19. The number of benzene rings is 2. The quantitative estimate of drug-likeness (QED) is 0.693. The smallest absolute Gasteiger partial charge is 0.338 e. The van der Waals surface area contributed by atoms with E-state index in [9.17, 15) is 9.18 Å². The largest absolute Gasteiger partial charge is 0.457 e. The summed E-state index contributed by atoms with van der Waals surface area (Å²) in [4.78, 5) is 11.9. The van der Waals surface area contributed by atoms with E-state index in [2.05, 4.69) is 0 Å². The average molecular weight is 294 g/mol. The van der Waals surface area contributed by atoms with Crippen LogP contribution in [0.1, 0.15) is 21.5 Å². The van der Waals surface area contributed by atoms with E-state index < -0.39 is 11.8 Å². The molecular formula is C15H13ClFNO2. The van der Waals surface area contributed by atoms with E-state index in [-0.39, 0.29) is 11.6 Å². The number of hydrogen-bond donors (Lipinski definition) is 1. The zero-order chi connectivity index (χ0) is 14.7. The Balaban J connectivity index is 2.08. The molecule has 0 unspecified atom stereocenters. The Bertz CT molecular complexity index is 658. The standard InChI is InChI=1S/C15H13ClFNO2/c1-9-11(3-2-4-14(9)18)15(19)20-8-10-5-6-12(16)13(17)7-10/h2-7H,8,18H2,1H3. The Morgan fingerprint density at radius 1 is 1.35 bits per heavy atom. The van der Waals surface area contributed by atoms with Gasteiger partial charge >= 0.3 is 5.97 Å². The molecule has 0 aliphatic carbocycles. The van der Waals surface area contributed by atoms with Gasteiger partial charge in [0.05, 0.1) is 10.6 Å². The second kappa shape index (κ2) is 5.92. The number of nitrogens with two attached hydrogens (primary N) is 1. The molecule has 0 saturated heterocycles. The third kappa shape index (κ3) is 3.08. The molecule has 104 valence electrons. The van der Waals surface area contributed by atoms with Crippen LogP contribution in [0.25, 0.3) is 0 Å². The fourth-order valence-electron chi connectivity index (χ4n) is 1.73. The molecule has 0 fully saturated rings. The van der Waals surface area contributed by atoms with E-state index in [0.717, 1.165) is 0 Å². The lowest BCUT2D eigenvalue weighted by Gasteiger charge is -2.09. The molecule has 0 spiro atoms. The minimum absolute atomic E-state index is 0.0266. The van der Waals surface area contributed by atoms with Crippen molar-refractivity contribution in [2.45, 2.75) is 13.5 Å². The third-order valence-electron chi connectivity index (χ3n) is 2.95. The molecule has 2 aromatic carbocycles. The van der Waals surface area contributed by atoms with Gasteiger partial charge in [0.2, 0.25) is 0 Å². The number of esters is 1. The van der Waals surface area contributed by atoms with Crippen molar-refractivity contribution in [1.82, 2.24) is 0 Å². The number of rotatable bonds is 3. The van der Waals surface area contributed by atoms with Crippen molar-refractivity contribution in [3.63, 3.8) is 0 Å². The summed E-state index contributed by atoms with van der Waals surface area (Å²) in [6, 6.07) is 9.29. The van der Waals surface area contributed by atoms with Crippen LogP contribution in [-0.4, -0.2) is 5.97 Å². The van der Waals surface area contributed by atoms with Gasteiger partial charge in [-0.25, -0.2) is 9.18 Å². The van der Waals surface area contributed by atoms with E-state index in [1.54, 1.807) is 31.2 Å². The Kier molecular flexibility index (Phi) is 4.25. The van der Waals surface area contributed by atoms with Crippen molar-refractivity contribution >= 4 is 23.3 Å². The molecule has 0 radical (unpaired) electrons. The van der Waals surface area contributed by atoms with E-state index in [1.165, 1.54) is 12.1 Å². The first-order valence-electron chi connectivity index (χ1n) is 5.95. The van der Waals surface area contributed by atoms with Gasteiger partial charge in [0.25, 0.3) is 0 Å². The molecule has 0 aromatic heterocycles. The maximum absolute atomic E-state index is 13.3. The van der Waals surface area contributed by atoms with Crippen molar-refractivity contribution in [2.24, 2.45) is 0 Å². The molecule has 20 heavy (non-hydrogen) atoms. The van der Waals surface area contributed by atoms with Crippen LogP contribution in [0.2, 0.25) is 5.02 Å². The highest BCUT2D eigenvalue weighted by atomic mass is 35.5. The first-order chi connectivity index (χ1) is 9.49. The van der Waals surface area contributed by atoms with Crippen LogP contribution in [0.15, 0.2) is 36.4 Å². The number of anilines is 1. The lowest BCUT2D eigenvalue weighted by Crippen LogP contribution is -2.08. The summed E-state index contributed by atoms with van der Waals surface area (Å²) in [5.41, 5.74) is 7.85. The van der Waals surface area contributed by atoms with Gasteiger partial charge < -0.3 is 10.5 Å². The van der Waals surface area contributed by atoms with Crippen molar-refractivity contribution in [2.75, 3.05) is 5.73 Å². The first-order valence-corrected chi connectivity index (χ1v) is 6.33. The van der Waals surface area contributed by atoms with E-state index in [0.29, 0.717) is 22.4 Å². The summed E-state index contributed by atoms with van der Waals surface area (Å²) in [7, 11) is 0. The summed E-state index contributed by atoms with van der Waals surface area (Å²) >= 11 is 5.58. The van der Waals surface area contributed by atoms with Gasteiger partial charge in [-0.05, 0) is 42.3 Å². The fraction of sp³-hybridized carbons (Fsp3) is 0.133. The summed E-state index contributed by atoms with van der Waals surface area (Å²) in [5, 5.41) is 0.0340. The number of nitrogen functional groups attached to an aromatic ring is 1. The highest BCUT2D eigenvalue weighted by Gasteiger charge is 2.12. The number of carbonyl (C=O) groups excluding carboxylic acids is 1. The predicted molar refractivity (Wildman–Crippen MR) is 76.1 cm³/mol. The zero-order valence-corrected chi connectivity index (χ0v) is 11.6. The Morgan fingerprint density at radius 2 is 2.10 bits per heavy atom. The topological polar surface area (TPSA) is 52.3 Å². The van der Waals surface area contributed by atoms with Gasteiger partial charge in [0.15, 0.2) is 0 Å². The van der Waals surface area contributed by atoms with Gasteiger partial charge in [-0.1, -0.05) is 23.7 Å². The van der Waals surface area contributed by atoms with Crippen molar-refractivity contribution in [3.8, 4) is 0 Å². The van der Waals surface area contributed by atoms with Gasteiger partial charge in [-0.3, -0.25) is 0 Å². The molecular weight excluding hydrogens is 281 g/mol. The summed E-state index contributed by atoms with van der Waals surface area (Å²) in [5.74, 6) is -1.04. The SMILES string of the molecule is Cc1c(N)cccc1C(=O)OCc1ccc(Cl)c(F)c1. The first kappa shape index (κ1) is 14.3. The molecule has 0 bridgehead atoms. The van der Waals surface area contributed by atoms with Crippen LogP contribution < -0.4 is 5.73 Å². The minimum Gasteiger partial charge on any atom is -0.457 e. The molecule has 2 N–H and O–H groups in total. The summed E-state index contributed by atoms with van der Waals surface area (Å²) in [6.45, 7) is 1.72.